The van der Waals surface area contributed by atoms with Crippen molar-refractivity contribution in [3.63, 3.8) is 0 Å². The predicted molar refractivity (Wildman–Crippen MR) is 53.2 cm³/mol. The van der Waals surface area contributed by atoms with Gasteiger partial charge in [0.15, 0.2) is 5.08 Å². The van der Waals surface area contributed by atoms with E-state index in [2.05, 4.69) is 4.18 Å². The Labute approximate surface area is 124 Å². The van der Waals surface area contributed by atoms with Gasteiger partial charge in [-0.25, -0.2) is 13.2 Å². The molecule has 1 rings (SSSR count). The normalized spacial score (nSPS) is 11.6. The maximum atomic E-state index is 11.1. The minimum absolute atomic E-state index is 0. The van der Waals surface area contributed by atoms with Crippen LogP contribution in [0.25, 0.3) is 0 Å². The quantitative estimate of drug-likeness (QED) is 0.325. The van der Waals surface area contributed by atoms with Crippen molar-refractivity contribution < 1.29 is 59.9 Å². The minimum Gasteiger partial charge on any atom is -0.747 e. The van der Waals surface area contributed by atoms with E-state index in [0.717, 1.165) is 11.3 Å². The zero-order valence-electron chi connectivity index (χ0n) is 8.52. The third-order valence-electron chi connectivity index (χ3n) is 1.21. The summed E-state index contributed by atoms with van der Waals surface area (Å²) in [5.74, 6) is -1.21. The summed E-state index contributed by atoms with van der Waals surface area (Å²) in [5.41, 5.74) is 0. The summed E-state index contributed by atoms with van der Waals surface area (Å²) in [6.45, 7) is 0. The molecule has 0 saturated carbocycles. The van der Waals surface area contributed by atoms with Crippen LogP contribution in [0.15, 0.2) is 17.5 Å². The molecule has 0 saturated heterocycles. The van der Waals surface area contributed by atoms with Gasteiger partial charge in [-0.1, -0.05) is 6.07 Å². The van der Waals surface area contributed by atoms with Crippen molar-refractivity contribution in [2.24, 2.45) is 0 Å². The summed E-state index contributed by atoms with van der Waals surface area (Å²) in [6.07, 6.45) is 0. The summed E-state index contributed by atoms with van der Waals surface area (Å²) < 4.78 is 56.4. The fraction of sp³-hybridized carbons (Fsp3) is 0.167. The molecule has 0 bridgehead atoms. The van der Waals surface area contributed by atoms with E-state index >= 15 is 0 Å². The van der Waals surface area contributed by atoms with Gasteiger partial charge in [-0.2, -0.15) is 8.42 Å². The minimum atomic E-state index is -5.01. The maximum absolute atomic E-state index is 11.1. The molecule has 1 aromatic heterocycles. The van der Waals surface area contributed by atoms with Gasteiger partial charge in [0, 0.05) is 0 Å². The van der Waals surface area contributed by atoms with Crippen molar-refractivity contribution in [3.05, 3.63) is 22.4 Å². The van der Waals surface area contributed by atoms with Crippen molar-refractivity contribution in [1.82, 2.24) is 0 Å². The second kappa shape index (κ2) is 6.27. The Morgan fingerprint density at radius 3 is 2.35 bits per heavy atom. The van der Waals surface area contributed by atoms with Gasteiger partial charge in [0.05, 0.1) is 0 Å². The van der Waals surface area contributed by atoms with Gasteiger partial charge in [-0.05, 0) is 11.4 Å². The van der Waals surface area contributed by atoms with E-state index in [1.165, 1.54) is 17.5 Å². The Kier molecular flexibility index (Phi) is 6.28. The first-order valence-electron chi connectivity index (χ1n) is 3.63. The van der Waals surface area contributed by atoms with Crippen molar-refractivity contribution in [1.29, 1.82) is 0 Å². The third-order valence-corrected chi connectivity index (χ3v) is 4.78. The Morgan fingerprint density at radius 2 is 1.94 bits per heavy atom. The molecule has 0 aliphatic rings. The van der Waals surface area contributed by atoms with Crippen LogP contribution in [-0.2, 0) is 24.4 Å². The Morgan fingerprint density at radius 1 is 1.35 bits per heavy atom. The maximum Gasteiger partial charge on any atom is 1.00 e. The van der Waals surface area contributed by atoms with Crippen LogP contribution in [0.4, 0.5) is 0 Å². The first kappa shape index (κ1) is 17.0. The number of hydrogen-bond donors (Lipinski definition) is 0. The van der Waals surface area contributed by atoms with Gasteiger partial charge < -0.3 is 8.74 Å². The summed E-state index contributed by atoms with van der Waals surface area (Å²) in [7, 11) is -9.72. The monoisotopic (exact) mass is 308 g/mol. The van der Waals surface area contributed by atoms with Gasteiger partial charge in [0.2, 0.25) is 0 Å². The van der Waals surface area contributed by atoms with Crippen molar-refractivity contribution in [2.75, 3.05) is 5.08 Å². The molecule has 7 nitrogen and oxygen atoms in total. The van der Waals surface area contributed by atoms with Crippen molar-refractivity contribution in [3.8, 4) is 0 Å². The predicted octanol–water partition coefficient (Wildman–Crippen LogP) is -3.26. The van der Waals surface area contributed by atoms with E-state index in [1.54, 1.807) is 0 Å². The molecular formula is C6H5NaO7S3. The molecule has 0 unspecified atom stereocenters. The molecule has 0 aliphatic carbocycles. The van der Waals surface area contributed by atoms with E-state index < -0.39 is 31.3 Å². The number of carbonyl (C=O) groups excluding carboxylic acids is 1. The van der Waals surface area contributed by atoms with Crippen LogP contribution in [0.5, 0.6) is 0 Å². The van der Waals surface area contributed by atoms with Gasteiger partial charge >= 0.3 is 45.6 Å². The average molecular weight is 308 g/mol. The van der Waals surface area contributed by atoms with Gasteiger partial charge in [0.25, 0.3) is 0 Å². The average Bonchev–Trinajstić information content (AvgIpc) is 2.48. The van der Waals surface area contributed by atoms with E-state index in [-0.39, 0.29) is 34.4 Å². The molecule has 0 aliphatic heterocycles. The number of carbonyl (C=O) groups is 1. The molecule has 0 spiro atoms. The van der Waals surface area contributed by atoms with Crippen LogP contribution < -0.4 is 29.6 Å². The molecule has 1 aromatic rings. The van der Waals surface area contributed by atoms with Gasteiger partial charge in [-0.3, -0.25) is 0 Å². The van der Waals surface area contributed by atoms with E-state index in [4.69, 9.17) is 0 Å². The SMILES string of the molecule is O=C(OS(=O)(=O)CS(=O)(=O)[O-])c1cccs1.[Na+]. The van der Waals surface area contributed by atoms with Crippen LogP contribution in [0.3, 0.4) is 0 Å². The summed E-state index contributed by atoms with van der Waals surface area (Å²) in [6, 6.07) is 2.78. The number of rotatable bonds is 4. The summed E-state index contributed by atoms with van der Waals surface area (Å²) in [5, 5.41) is -0.259. The molecule has 1 heterocycles. The molecule has 0 N–H and O–H groups in total. The fourth-order valence-electron chi connectivity index (χ4n) is 0.752. The largest absolute Gasteiger partial charge is 1.00 e. The molecule has 0 atom stereocenters. The van der Waals surface area contributed by atoms with Crippen LogP contribution in [-0.4, -0.2) is 32.4 Å². The molecular weight excluding hydrogens is 303 g/mol. The fourth-order valence-corrected chi connectivity index (χ4v) is 3.33. The third kappa shape index (κ3) is 6.50. The smallest absolute Gasteiger partial charge is 0.747 e. The molecule has 90 valence electrons. The Balaban J connectivity index is 0.00000256. The first-order valence-corrected chi connectivity index (χ1v) is 7.67. The van der Waals surface area contributed by atoms with Crippen LogP contribution >= 0.6 is 11.3 Å². The van der Waals surface area contributed by atoms with Crippen LogP contribution in [0.2, 0.25) is 0 Å². The van der Waals surface area contributed by atoms with E-state index in [0.29, 0.717) is 0 Å². The second-order valence-electron chi connectivity index (χ2n) is 2.58. The zero-order chi connectivity index (χ0) is 12.4. The van der Waals surface area contributed by atoms with Crippen LogP contribution in [0.1, 0.15) is 9.67 Å². The molecule has 0 amide bonds. The molecule has 0 aromatic carbocycles. The first-order chi connectivity index (χ1) is 7.20. The van der Waals surface area contributed by atoms with Crippen molar-refractivity contribution >= 4 is 37.5 Å². The number of thiophene rings is 1. The summed E-state index contributed by atoms with van der Waals surface area (Å²) in [4.78, 5) is 11.1. The molecule has 0 fully saturated rings. The molecule has 0 radical (unpaired) electrons. The Hall–Kier alpha value is 0.0300. The zero-order valence-corrected chi connectivity index (χ0v) is 13.0. The molecule has 17 heavy (non-hydrogen) atoms. The standard InChI is InChI=1S/C6H6O7S3.Na/c7-6(5-2-1-3-14-5)13-16(11,12)4-15(8,9)10;/h1-3H,4H2,(H,8,9,10);/q;+1/p-1. The van der Waals surface area contributed by atoms with E-state index in [1.807, 2.05) is 0 Å². The summed E-state index contributed by atoms with van der Waals surface area (Å²) >= 11 is 0.923. The van der Waals surface area contributed by atoms with Gasteiger partial charge in [-0.15, -0.1) is 11.3 Å². The van der Waals surface area contributed by atoms with Crippen LogP contribution in [0, 0.1) is 0 Å². The molecule has 11 heteroatoms. The van der Waals surface area contributed by atoms with E-state index in [9.17, 15) is 26.2 Å². The van der Waals surface area contributed by atoms with Gasteiger partial charge in [0.1, 0.15) is 15.0 Å². The number of hydrogen-bond acceptors (Lipinski definition) is 8. The Bertz CT molecular complexity index is 571. The van der Waals surface area contributed by atoms with Crippen molar-refractivity contribution in [2.45, 2.75) is 0 Å². The topological polar surface area (TPSA) is 118 Å². The second-order valence-corrected chi connectivity index (χ2v) is 6.87.